The number of aryl methyl sites for hydroxylation is 1. The Labute approximate surface area is 171 Å². The van der Waals surface area contributed by atoms with Gasteiger partial charge in [-0.2, -0.15) is 5.26 Å². The molecule has 0 saturated carbocycles. The third-order valence-electron chi connectivity index (χ3n) is 5.60. The molecular weight excluding hydrogens is 360 g/mol. The van der Waals surface area contributed by atoms with Crippen LogP contribution in [0.4, 0.5) is 5.69 Å². The van der Waals surface area contributed by atoms with Crippen LogP contribution in [-0.4, -0.2) is 24.0 Å². The maximum atomic E-state index is 12.6. The van der Waals surface area contributed by atoms with Gasteiger partial charge in [0.05, 0.1) is 5.52 Å². The average molecular weight is 384 g/mol. The van der Waals surface area contributed by atoms with Crippen LogP contribution in [0.5, 0.6) is 0 Å². The van der Waals surface area contributed by atoms with Gasteiger partial charge in [-0.3, -0.25) is 4.79 Å². The summed E-state index contributed by atoms with van der Waals surface area (Å²) < 4.78 is 0. The molecule has 0 spiro atoms. The molecular formula is C24H24N4O. The molecule has 1 fully saturated rings. The molecule has 0 radical (unpaired) electrons. The van der Waals surface area contributed by atoms with Gasteiger partial charge in [0, 0.05) is 36.6 Å². The summed E-state index contributed by atoms with van der Waals surface area (Å²) in [4.78, 5) is 19.3. The fourth-order valence-electron chi connectivity index (χ4n) is 3.90. The lowest BCUT2D eigenvalue weighted by Gasteiger charge is -2.33. The van der Waals surface area contributed by atoms with Crippen molar-refractivity contribution in [1.29, 1.82) is 5.26 Å². The Kier molecular flexibility index (Phi) is 5.44. The van der Waals surface area contributed by atoms with E-state index < -0.39 is 0 Å². The molecule has 4 rings (SSSR count). The van der Waals surface area contributed by atoms with Crippen molar-refractivity contribution in [2.75, 3.05) is 18.0 Å². The second-order valence-corrected chi connectivity index (χ2v) is 7.62. The molecule has 0 aliphatic carbocycles. The van der Waals surface area contributed by atoms with Gasteiger partial charge in [0.25, 0.3) is 0 Å². The van der Waals surface area contributed by atoms with Crippen LogP contribution < -0.4 is 10.2 Å². The minimum Gasteiger partial charge on any atom is -0.371 e. The van der Waals surface area contributed by atoms with Crippen LogP contribution in [0.3, 0.4) is 0 Å². The van der Waals surface area contributed by atoms with E-state index in [2.05, 4.69) is 52.5 Å². The number of hydrogen-bond donors (Lipinski definition) is 1. The molecule has 2 aromatic carbocycles. The second kappa shape index (κ2) is 8.32. The zero-order valence-electron chi connectivity index (χ0n) is 16.6. The van der Waals surface area contributed by atoms with E-state index in [0.717, 1.165) is 48.1 Å². The summed E-state index contributed by atoms with van der Waals surface area (Å²) in [6.07, 6.45) is 1.61. The normalized spacial score (nSPS) is 14.6. The summed E-state index contributed by atoms with van der Waals surface area (Å²) in [5.41, 5.74) is 4.63. The topological polar surface area (TPSA) is 69.0 Å². The first-order valence-corrected chi connectivity index (χ1v) is 10.0. The van der Waals surface area contributed by atoms with Crippen LogP contribution in [0.2, 0.25) is 0 Å². The number of hydrogen-bond acceptors (Lipinski definition) is 4. The van der Waals surface area contributed by atoms with Gasteiger partial charge in [-0.1, -0.05) is 48.0 Å². The van der Waals surface area contributed by atoms with Crippen molar-refractivity contribution in [1.82, 2.24) is 10.3 Å². The lowest BCUT2D eigenvalue weighted by molar-refractivity contribution is -0.125. The highest BCUT2D eigenvalue weighted by Crippen LogP contribution is 2.30. The first kappa shape index (κ1) is 18.9. The monoisotopic (exact) mass is 384 g/mol. The molecule has 1 saturated heterocycles. The van der Waals surface area contributed by atoms with Gasteiger partial charge in [-0.25, -0.2) is 4.98 Å². The number of amides is 1. The van der Waals surface area contributed by atoms with Gasteiger partial charge in [0.2, 0.25) is 5.91 Å². The summed E-state index contributed by atoms with van der Waals surface area (Å²) in [5.74, 6) is 0.155. The molecule has 1 aliphatic heterocycles. The van der Waals surface area contributed by atoms with Crippen LogP contribution in [0, 0.1) is 24.2 Å². The summed E-state index contributed by atoms with van der Waals surface area (Å²) in [7, 11) is 0. The van der Waals surface area contributed by atoms with Crippen LogP contribution in [-0.2, 0) is 11.3 Å². The van der Waals surface area contributed by atoms with Crippen LogP contribution in [0.1, 0.15) is 29.7 Å². The molecule has 1 aliphatic rings. The zero-order valence-corrected chi connectivity index (χ0v) is 16.6. The van der Waals surface area contributed by atoms with E-state index in [9.17, 15) is 10.1 Å². The van der Waals surface area contributed by atoms with E-state index in [4.69, 9.17) is 0 Å². The van der Waals surface area contributed by atoms with Gasteiger partial charge in [-0.05, 0) is 37.5 Å². The smallest absolute Gasteiger partial charge is 0.223 e. The number of carbonyl (C=O) groups excluding carboxylic acids is 1. The van der Waals surface area contributed by atoms with E-state index in [1.54, 1.807) is 0 Å². The van der Waals surface area contributed by atoms with Crippen molar-refractivity contribution >= 4 is 22.5 Å². The number of fused-ring (bicyclic) bond motifs is 1. The molecule has 1 amide bonds. The number of para-hydroxylation sites is 1. The number of nitrogens with zero attached hydrogens (tertiary/aromatic N) is 3. The molecule has 0 atom stereocenters. The van der Waals surface area contributed by atoms with Gasteiger partial charge < -0.3 is 10.2 Å². The lowest BCUT2D eigenvalue weighted by atomic mass is 9.95. The molecule has 146 valence electrons. The van der Waals surface area contributed by atoms with Gasteiger partial charge >= 0.3 is 0 Å². The Morgan fingerprint density at radius 3 is 2.62 bits per heavy atom. The van der Waals surface area contributed by atoms with Crippen molar-refractivity contribution in [3.05, 3.63) is 71.4 Å². The SMILES string of the molecule is Cc1ccc(CNC(=O)C2CCN(c3cc(C#N)nc4ccccc34)CC2)cc1. The number of carbonyl (C=O) groups is 1. The predicted molar refractivity (Wildman–Crippen MR) is 114 cm³/mol. The minimum absolute atomic E-state index is 0.0280. The predicted octanol–water partition coefficient (Wildman–Crippen LogP) is 3.95. The number of anilines is 1. The number of nitriles is 1. The van der Waals surface area contributed by atoms with Crippen molar-refractivity contribution in [2.45, 2.75) is 26.3 Å². The Morgan fingerprint density at radius 2 is 1.90 bits per heavy atom. The highest BCUT2D eigenvalue weighted by molar-refractivity contribution is 5.92. The Morgan fingerprint density at radius 1 is 1.17 bits per heavy atom. The fraction of sp³-hybridized carbons (Fsp3) is 0.292. The standard InChI is InChI=1S/C24H24N4O/c1-17-6-8-18(9-7-17)16-26-24(29)19-10-12-28(13-11-19)23-14-20(15-25)27-22-5-3-2-4-21(22)23/h2-9,14,19H,10-13,16H2,1H3,(H,26,29). The Balaban J connectivity index is 1.40. The molecule has 0 bridgehead atoms. The average Bonchev–Trinajstić information content (AvgIpc) is 2.78. The Hall–Kier alpha value is -3.39. The van der Waals surface area contributed by atoms with Crippen molar-refractivity contribution in [2.24, 2.45) is 5.92 Å². The number of aromatic nitrogens is 1. The number of benzene rings is 2. The van der Waals surface area contributed by atoms with E-state index in [0.29, 0.717) is 12.2 Å². The largest absolute Gasteiger partial charge is 0.371 e. The second-order valence-electron chi connectivity index (χ2n) is 7.62. The number of rotatable bonds is 4. The molecule has 1 N–H and O–H groups in total. The van der Waals surface area contributed by atoms with Crippen molar-refractivity contribution < 1.29 is 4.79 Å². The molecule has 1 aromatic heterocycles. The number of piperidine rings is 1. The highest BCUT2D eigenvalue weighted by Gasteiger charge is 2.26. The highest BCUT2D eigenvalue weighted by atomic mass is 16.1. The van der Waals surface area contributed by atoms with E-state index in [-0.39, 0.29) is 11.8 Å². The van der Waals surface area contributed by atoms with E-state index >= 15 is 0 Å². The quantitative estimate of drug-likeness (QED) is 0.740. The van der Waals surface area contributed by atoms with Crippen LogP contribution >= 0.6 is 0 Å². The first-order valence-electron chi connectivity index (χ1n) is 10.0. The van der Waals surface area contributed by atoms with Crippen LogP contribution in [0.15, 0.2) is 54.6 Å². The maximum absolute atomic E-state index is 12.6. The summed E-state index contributed by atoms with van der Waals surface area (Å²) in [6.45, 7) is 4.21. The minimum atomic E-state index is 0.0280. The lowest BCUT2D eigenvalue weighted by Crippen LogP contribution is -2.40. The number of nitrogens with one attached hydrogen (secondary N) is 1. The molecule has 2 heterocycles. The summed E-state index contributed by atoms with van der Waals surface area (Å²) >= 11 is 0. The van der Waals surface area contributed by atoms with Gasteiger partial charge in [0.15, 0.2) is 0 Å². The van der Waals surface area contributed by atoms with E-state index in [1.165, 1.54) is 5.56 Å². The molecule has 5 nitrogen and oxygen atoms in total. The molecule has 5 heteroatoms. The number of pyridine rings is 1. The fourth-order valence-corrected chi connectivity index (χ4v) is 3.90. The summed E-state index contributed by atoms with van der Waals surface area (Å²) in [6, 6.07) is 20.2. The van der Waals surface area contributed by atoms with Crippen molar-refractivity contribution in [3.63, 3.8) is 0 Å². The van der Waals surface area contributed by atoms with Crippen LogP contribution in [0.25, 0.3) is 10.9 Å². The van der Waals surface area contributed by atoms with Gasteiger partial charge in [-0.15, -0.1) is 0 Å². The Bertz CT molecular complexity index is 1060. The van der Waals surface area contributed by atoms with Crippen molar-refractivity contribution in [3.8, 4) is 6.07 Å². The zero-order chi connectivity index (χ0) is 20.2. The summed E-state index contributed by atoms with van der Waals surface area (Å²) in [5, 5.41) is 13.4. The molecule has 3 aromatic rings. The first-order chi connectivity index (χ1) is 14.1. The van der Waals surface area contributed by atoms with E-state index in [1.807, 2.05) is 30.3 Å². The van der Waals surface area contributed by atoms with Gasteiger partial charge in [0.1, 0.15) is 11.8 Å². The maximum Gasteiger partial charge on any atom is 0.223 e. The molecule has 29 heavy (non-hydrogen) atoms. The third-order valence-corrected chi connectivity index (χ3v) is 5.60. The third kappa shape index (κ3) is 4.22. The molecule has 0 unspecified atom stereocenters.